The molecular formula is C19H32N4. The van der Waals surface area contributed by atoms with Gasteiger partial charge in [0.1, 0.15) is 0 Å². The van der Waals surface area contributed by atoms with Crippen molar-refractivity contribution in [2.75, 3.05) is 13.1 Å². The largest absolute Gasteiger partial charge is 0.370 e. The molecule has 128 valence electrons. The standard InChI is InChI=1S/C19H32N4/c1-4-16(3)22-19(20)21-12-17-7-9-18(10-8-17)14-23-11-5-6-15(2)13-23/h7-10,15-16H,4-6,11-14H2,1-3H3,(H3,20,21,22). The lowest BCUT2D eigenvalue weighted by atomic mass is 9.99. The Kier molecular flexibility index (Phi) is 6.90. The molecule has 1 fully saturated rings. The Bertz CT molecular complexity index is 495. The summed E-state index contributed by atoms with van der Waals surface area (Å²) in [6, 6.07) is 9.16. The van der Waals surface area contributed by atoms with Gasteiger partial charge in [-0.25, -0.2) is 4.99 Å². The van der Waals surface area contributed by atoms with Gasteiger partial charge >= 0.3 is 0 Å². The first-order chi connectivity index (χ1) is 11.1. The van der Waals surface area contributed by atoms with Crippen molar-refractivity contribution in [3.8, 4) is 0 Å². The van der Waals surface area contributed by atoms with Crippen LogP contribution in [0.2, 0.25) is 0 Å². The molecule has 1 saturated heterocycles. The van der Waals surface area contributed by atoms with E-state index in [0.29, 0.717) is 18.5 Å². The van der Waals surface area contributed by atoms with Crippen LogP contribution in [0.25, 0.3) is 0 Å². The normalized spacial score (nSPS) is 21.2. The van der Waals surface area contributed by atoms with Crippen molar-refractivity contribution < 1.29 is 0 Å². The van der Waals surface area contributed by atoms with Gasteiger partial charge in [0.15, 0.2) is 5.96 Å². The van der Waals surface area contributed by atoms with Gasteiger partial charge in [-0.1, -0.05) is 38.1 Å². The third kappa shape index (κ3) is 6.22. The molecule has 2 atom stereocenters. The summed E-state index contributed by atoms with van der Waals surface area (Å²) in [5.41, 5.74) is 8.49. The Hall–Kier alpha value is -1.55. The predicted molar refractivity (Wildman–Crippen MR) is 98.3 cm³/mol. The number of guanidine groups is 1. The molecule has 2 unspecified atom stereocenters. The number of nitrogens with one attached hydrogen (secondary N) is 1. The highest BCUT2D eigenvalue weighted by Gasteiger charge is 2.15. The van der Waals surface area contributed by atoms with Crippen LogP contribution in [0.3, 0.4) is 0 Å². The summed E-state index contributed by atoms with van der Waals surface area (Å²) >= 11 is 0. The molecule has 0 aromatic heterocycles. The maximum atomic E-state index is 5.90. The molecule has 1 aliphatic heterocycles. The van der Waals surface area contributed by atoms with Crippen molar-refractivity contribution in [1.82, 2.24) is 10.2 Å². The molecular weight excluding hydrogens is 284 g/mol. The van der Waals surface area contributed by atoms with Gasteiger partial charge in [-0.2, -0.15) is 0 Å². The predicted octanol–water partition coefficient (Wildman–Crippen LogP) is 3.12. The van der Waals surface area contributed by atoms with E-state index in [0.717, 1.165) is 18.9 Å². The molecule has 23 heavy (non-hydrogen) atoms. The van der Waals surface area contributed by atoms with Gasteiger partial charge in [-0.3, -0.25) is 4.90 Å². The monoisotopic (exact) mass is 316 g/mol. The van der Waals surface area contributed by atoms with Crippen LogP contribution in [0, 0.1) is 5.92 Å². The molecule has 1 aromatic carbocycles. The van der Waals surface area contributed by atoms with E-state index in [-0.39, 0.29) is 0 Å². The van der Waals surface area contributed by atoms with Gasteiger partial charge in [0.05, 0.1) is 6.54 Å². The fraction of sp³-hybridized carbons (Fsp3) is 0.632. The molecule has 4 nitrogen and oxygen atoms in total. The maximum absolute atomic E-state index is 5.90. The highest BCUT2D eigenvalue weighted by Crippen LogP contribution is 2.18. The van der Waals surface area contributed by atoms with E-state index < -0.39 is 0 Å². The molecule has 2 rings (SSSR count). The number of aliphatic imine (C=N–C) groups is 1. The minimum Gasteiger partial charge on any atom is -0.370 e. The number of benzene rings is 1. The van der Waals surface area contributed by atoms with E-state index in [1.807, 2.05) is 0 Å². The fourth-order valence-corrected chi connectivity index (χ4v) is 3.02. The van der Waals surface area contributed by atoms with E-state index in [1.165, 1.54) is 37.1 Å². The van der Waals surface area contributed by atoms with Gasteiger partial charge in [-0.05, 0) is 49.8 Å². The molecule has 4 heteroatoms. The highest BCUT2D eigenvalue weighted by molar-refractivity contribution is 5.78. The number of nitrogens with zero attached hydrogens (tertiary/aromatic N) is 2. The summed E-state index contributed by atoms with van der Waals surface area (Å²) in [5, 5.41) is 3.19. The second-order valence-electron chi connectivity index (χ2n) is 6.95. The lowest BCUT2D eigenvalue weighted by molar-refractivity contribution is 0.176. The Morgan fingerprint density at radius 1 is 1.35 bits per heavy atom. The first-order valence-corrected chi connectivity index (χ1v) is 8.93. The van der Waals surface area contributed by atoms with Gasteiger partial charge in [0.25, 0.3) is 0 Å². The number of likely N-dealkylation sites (tertiary alicyclic amines) is 1. The number of hydrogen-bond acceptors (Lipinski definition) is 2. The molecule has 3 N–H and O–H groups in total. The smallest absolute Gasteiger partial charge is 0.189 e. The van der Waals surface area contributed by atoms with E-state index in [4.69, 9.17) is 5.73 Å². The highest BCUT2D eigenvalue weighted by atomic mass is 15.1. The summed E-state index contributed by atoms with van der Waals surface area (Å²) in [5.74, 6) is 1.36. The van der Waals surface area contributed by atoms with Crippen LogP contribution in [-0.4, -0.2) is 30.0 Å². The van der Waals surface area contributed by atoms with Crippen molar-refractivity contribution >= 4 is 5.96 Å². The Balaban J connectivity index is 1.83. The molecule has 0 radical (unpaired) electrons. The molecule has 0 spiro atoms. The summed E-state index contributed by atoms with van der Waals surface area (Å²) in [7, 11) is 0. The number of hydrogen-bond donors (Lipinski definition) is 2. The Morgan fingerprint density at radius 2 is 2.04 bits per heavy atom. The molecule has 0 aliphatic carbocycles. The average Bonchev–Trinajstić information content (AvgIpc) is 2.54. The topological polar surface area (TPSA) is 53.6 Å². The number of rotatable bonds is 6. The number of piperidine rings is 1. The molecule has 0 saturated carbocycles. The van der Waals surface area contributed by atoms with Gasteiger partial charge in [-0.15, -0.1) is 0 Å². The Labute approximate surface area is 141 Å². The Morgan fingerprint density at radius 3 is 2.70 bits per heavy atom. The minimum absolute atomic E-state index is 0.369. The van der Waals surface area contributed by atoms with Crippen molar-refractivity contribution in [1.29, 1.82) is 0 Å². The fourth-order valence-electron chi connectivity index (χ4n) is 3.02. The second-order valence-corrected chi connectivity index (χ2v) is 6.95. The summed E-state index contributed by atoms with van der Waals surface area (Å²) < 4.78 is 0. The molecule has 1 heterocycles. The summed E-state index contributed by atoms with van der Waals surface area (Å²) in [4.78, 5) is 6.98. The zero-order valence-corrected chi connectivity index (χ0v) is 14.9. The van der Waals surface area contributed by atoms with E-state index in [1.54, 1.807) is 0 Å². The average molecular weight is 316 g/mol. The van der Waals surface area contributed by atoms with Crippen LogP contribution in [0.15, 0.2) is 29.3 Å². The van der Waals surface area contributed by atoms with Crippen molar-refractivity contribution in [3.05, 3.63) is 35.4 Å². The zero-order valence-electron chi connectivity index (χ0n) is 14.9. The molecule has 1 aliphatic rings. The van der Waals surface area contributed by atoms with E-state index >= 15 is 0 Å². The lowest BCUT2D eigenvalue weighted by Crippen LogP contribution is -2.38. The molecule has 0 bridgehead atoms. The second kappa shape index (κ2) is 8.92. The van der Waals surface area contributed by atoms with Crippen LogP contribution in [0.4, 0.5) is 0 Å². The van der Waals surface area contributed by atoms with Crippen LogP contribution in [0.5, 0.6) is 0 Å². The first kappa shape index (κ1) is 17.8. The number of nitrogens with two attached hydrogens (primary N) is 1. The minimum atomic E-state index is 0.369. The van der Waals surface area contributed by atoms with Crippen LogP contribution in [-0.2, 0) is 13.1 Å². The molecule has 1 aromatic rings. The van der Waals surface area contributed by atoms with Crippen molar-refractivity contribution in [2.24, 2.45) is 16.6 Å². The lowest BCUT2D eigenvalue weighted by Gasteiger charge is -2.30. The van der Waals surface area contributed by atoms with Gasteiger partial charge in [0, 0.05) is 19.1 Å². The third-order valence-electron chi connectivity index (χ3n) is 4.61. The van der Waals surface area contributed by atoms with Crippen molar-refractivity contribution in [2.45, 2.75) is 59.2 Å². The van der Waals surface area contributed by atoms with Crippen molar-refractivity contribution in [3.63, 3.8) is 0 Å². The third-order valence-corrected chi connectivity index (χ3v) is 4.61. The van der Waals surface area contributed by atoms with Gasteiger partial charge in [0.2, 0.25) is 0 Å². The zero-order chi connectivity index (χ0) is 16.7. The first-order valence-electron chi connectivity index (χ1n) is 8.93. The van der Waals surface area contributed by atoms with Crippen LogP contribution < -0.4 is 11.1 Å². The SMILES string of the molecule is CCC(C)NC(N)=NCc1ccc(CN2CCCC(C)C2)cc1. The molecule has 0 amide bonds. The van der Waals surface area contributed by atoms with E-state index in [2.05, 4.69) is 60.2 Å². The van der Waals surface area contributed by atoms with Crippen LogP contribution in [0.1, 0.15) is 51.2 Å². The quantitative estimate of drug-likeness (QED) is 0.626. The summed E-state index contributed by atoms with van der Waals surface area (Å²) in [6.45, 7) is 10.7. The van der Waals surface area contributed by atoms with Gasteiger partial charge < -0.3 is 11.1 Å². The maximum Gasteiger partial charge on any atom is 0.189 e. The summed E-state index contributed by atoms with van der Waals surface area (Å²) in [6.07, 6.45) is 3.75. The van der Waals surface area contributed by atoms with E-state index in [9.17, 15) is 0 Å². The van der Waals surface area contributed by atoms with Crippen LogP contribution >= 0.6 is 0 Å².